The van der Waals surface area contributed by atoms with E-state index in [1.54, 1.807) is 0 Å². The molecule has 4 nitrogen and oxygen atoms in total. The van der Waals surface area contributed by atoms with Gasteiger partial charge in [0.1, 0.15) is 0 Å². The molecular formula is C20H39N3O. The largest absolute Gasteiger partial charge is 0.374 e. The van der Waals surface area contributed by atoms with Crippen molar-refractivity contribution in [2.45, 2.75) is 59.1 Å². The molecule has 2 saturated heterocycles. The molecule has 0 amide bonds. The van der Waals surface area contributed by atoms with Gasteiger partial charge in [0, 0.05) is 58.4 Å². The lowest BCUT2D eigenvalue weighted by molar-refractivity contribution is -0.0543. The van der Waals surface area contributed by atoms with Gasteiger partial charge >= 0.3 is 0 Å². The number of piperazine rings is 1. The number of ether oxygens (including phenoxy) is 1. The standard InChI is InChI=1S/C20H39N3O/c1-17(2)13-20(5-6-20)16-22-11-12-24-19(15-22)14-21-7-9-23(10-8-21)18(3)4/h17-19H,5-16H2,1-4H3/t19-/m0/s1. The molecule has 3 fully saturated rings. The van der Waals surface area contributed by atoms with Gasteiger partial charge in [-0.25, -0.2) is 0 Å². The van der Waals surface area contributed by atoms with Crippen LogP contribution in [-0.4, -0.2) is 85.8 Å². The fourth-order valence-corrected chi connectivity index (χ4v) is 4.73. The van der Waals surface area contributed by atoms with Gasteiger partial charge in [-0.15, -0.1) is 0 Å². The molecule has 3 rings (SSSR count). The molecule has 1 aliphatic carbocycles. The second-order valence-electron chi connectivity index (χ2n) is 9.26. The maximum absolute atomic E-state index is 6.10. The van der Waals surface area contributed by atoms with Crippen molar-refractivity contribution >= 4 is 0 Å². The summed E-state index contributed by atoms with van der Waals surface area (Å²) in [6.07, 6.45) is 4.72. The summed E-state index contributed by atoms with van der Waals surface area (Å²) < 4.78 is 6.10. The van der Waals surface area contributed by atoms with E-state index in [-0.39, 0.29) is 0 Å². The molecule has 0 radical (unpaired) electrons. The van der Waals surface area contributed by atoms with Crippen LogP contribution in [0.25, 0.3) is 0 Å². The summed E-state index contributed by atoms with van der Waals surface area (Å²) in [5.74, 6) is 0.835. The Labute approximate surface area is 149 Å². The quantitative estimate of drug-likeness (QED) is 0.710. The summed E-state index contributed by atoms with van der Waals surface area (Å²) in [6.45, 7) is 19.8. The van der Waals surface area contributed by atoms with Crippen LogP contribution in [0.3, 0.4) is 0 Å². The minimum atomic E-state index is 0.416. The molecule has 0 bridgehead atoms. The van der Waals surface area contributed by atoms with Crippen LogP contribution < -0.4 is 0 Å². The highest BCUT2D eigenvalue weighted by molar-refractivity contribution is 4.97. The van der Waals surface area contributed by atoms with E-state index in [4.69, 9.17) is 4.74 Å². The third kappa shape index (κ3) is 5.17. The maximum Gasteiger partial charge on any atom is 0.0829 e. The molecular weight excluding hydrogens is 298 g/mol. The third-order valence-corrected chi connectivity index (χ3v) is 6.18. The Balaban J connectivity index is 1.41. The van der Waals surface area contributed by atoms with Crippen LogP contribution in [-0.2, 0) is 4.74 Å². The predicted molar refractivity (Wildman–Crippen MR) is 100 cm³/mol. The van der Waals surface area contributed by atoms with Crippen molar-refractivity contribution in [1.29, 1.82) is 0 Å². The summed E-state index contributed by atoms with van der Waals surface area (Å²) in [7, 11) is 0. The molecule has 0 N–H and O–H groups in total. The Morgan fingerprint density at radius 3 is 2.25 bits per heavy atom. The van der Waals surface area contributed by atoms with Crippen LogP contribution in [0.2, 0.25) is 0 Å². The summed E-state index contributed by atoms with van der Waals surface area (Å²) in [6, 6.07) is 0.685. The van der Waals surface area contributed by atoms with Crippen molar-refractivity contribution in [3.63, 3.8) is 0 Å². The fraction of sp³-hybridized carbons (Fsp3) is 1.00. The van der Waals surface area contributed by atoms with Gasteiger partial charge in [-0.05, 0) is 44.4 Å². The van der Waals surface area contributed by atoms with Gasteiger partial charge < -0.3 is 4.74 Å². The van der Waals surface area contributed by atoms with Gasteiger partial charge in [0.05, 0.1) is 12.7 Å². The van der Waals surface area contributed by atoms with Crippen molar-refractivity contribution in [3.8, 4) is 0 Å². The topological polar surface area (TPSA) is 19.0 Å². The molecule has 1 atom stereocenters. The number of hydrogen-bond donors (Lipinski definition) is 0. The summed E-state index contributed by atoms with van der Waals surface area (Å²) in [5, 5.41) is 0. The number of morpholine rings is 1. The molecule has 0 aromatic carbocycles. The minimum absolute atomic E-state index is 0.416. The Morgan fingerprint density at radius 1 is 0.958 bits per heavy atom. The molecule has 0 aromatic rings. The summed E-state index contributed by atoms with van der Waals surface area (Å²) >= 11 is 0. The smallest absolute Gasteiger partial charge is 0.0829 e. The normalized spacial score (nSPS) is 29.5. The first-order valence-electron chi connectivity index (χ1n) is 10.3. The third-order valence-electron chi connectivity index (χ3n) is 6.18. The Bertz CT molecular complexity index is 386. The average molecular weight is 338 g/mol. The van der Waals surface area contributed by atoms with E-state index in [2.05, 4.69) is 42.4 Å². The molecule has 2 heterocycles. The Morgan fingerprint density at radius 2 is 1.67 bits per heavy atom. The lowest BCUT2D eigenvalue weighted by Gasteiger charge is -2.41. The molecule has 140 valence electrons. The molecule has 0 spiro atoms. The summed E-state index contributed by atoms with van der Waals surface area (Å²) in [5.41, 5.74) is 0.652. The molecule has 0 aromatic heterocycles. The van der Waals surface area contributed by atoms with E-state index >= 15 is 0 Å². The first-order chi connectivity index (χ1) is 11.5. The van der Waals surface area contributed by atoms with Crippen molar-refractivity contribution in [2.75, 3.05) is 59.0 Å². The second-order valence-corrected chi connectivity index (χ2v) is 9.26. The SMILES string of the molecule is CC(C)CC1(CN2CCO[C@@H](CN3CCN(C(C)C)CC3)C2)CC1. The zero-order valence-corrected chi connectivity index (χ0v) is 16.5. The highest BCUT2D eigenvalue weighted by Gasteiger charge is 2.44. The number of rotatable bonds is 7. The van der Waals surface area contributed by atoms with Gasteiger partial charge in [0.15, 0.2) is 0 Å². The first-order valence-corrected chi connectivity index (χ1v) is 10.3. The van der Waals surface area contributed by atoms with Gasteiger partial charge in [-0.3, -0.25) is 14.7 Å². The van der Waals surface area contributed by atoms with E-state index in [1.165, 1.54) is 52.0 Å². The van der Waals surface area contributed by atoms with Gasteiger partial charge in [-0.2, -0.15) is 0 Å². The highest BCUT2D eigenvalue weighted by atomic mass is 16.5. The maximum atomic E-state index is 6.10. The molecule has 4 heteroatoms. The van der Waals surface area contributed by atoms with Gasteiger partial charge in [0.2, 0.25) is 0 Å². The average Bonchev–Trinajstić information content (AvgIpc) is 3.26. The van der Waals surface area contributed by atoms with Crippen LogP contribution in [0.5, 0.6) is 0 Å². The van der Waals surface area contributed by atoms with Gasteiger partial charge in [-0.1, -0.05) is 13.8 Å². The second kappa shape index (κ2) is 8.03. The van der Waals surface area contributed by atoms with E-state index in [1.807, 2.05) is 0 Å². The van der Waals surface area contributed by atoms with Crippen LogP contribution in [0.4, 0.5) is 0 Å². The highest BCUT2D eigenvalue weighted by Crippen LogP contribution is 2.51. The van der Waals surface area contributed by atoms with Crippen molar-refractivity contribution < 1.29 is 4.74 Å². The Hall–Kier alpha value is -0.160. The molecule has 24 heavy (non-hydrogen) atoms. The molecule has 1 saturated carbocycles. The number of hydrogen-bond acceptors (Lipinski definition) is 4. The lowest BCUT2D eigenvalue weighted by atomic mass is 9.93. The fourth-order valence-electron chi connectivity index (χ4n) is 4.73. The first kappa shape index (κ1) is 18.6. The van der Waals surface area contributed by atoms with E-state index < -0.39 is 0 Å². The van der Waals surface area contributed by atoms with Gasteiger partial charge in [0.25, 0.3) is 0 Å². The zero-order chi connectivity index (χ0) is 17.2. The van der Waals surface area contributed by atoms with Crippen LogP contribution in [0.15, 0.2) is 0 Å². The predicted octanol–water partition coefficient (Wildman–Crippen LogP) is 2.54. The van der Waals surface area contributed by atoms with Crippen LogP contribution in [0.1, 0.15) is 47.0 Å². The van der Waals surface area contributed by atoms with E-state index in [0.29, 0.717) is 17.6 Å². The van der Waals surface area contributed by atoms with Crippen LogP contribution >= 0.6 is 0 Å². The monoisotopic (exact) mass is 337 g/mol. The van der Waals surface area contributed by atoms with Crippen molar-refractivity contribution in [2.24, 2.45) is 11.3 Å². The molecule has 3 aliphatic rings. The number of nitrogens with zero attached hydrogens (tertiary/aromatic N) is 3. The summed E-state index contributed by atoms with van der Waals surface area (Å²) in [4.78, 5) is 7.91. The van der Waals surface area contributed by atoms with Crippen molar-refractivity contribution in [1.82, 2.24) is 14.7 Å². The molecule has 0 unspecified atom stereocenters. The Kier molecular flexibility index (Phi) is 6.23. The molecule has 2 aliphatic heterocycles. The van der Waals surface area contributed by atoms with Crippen LogP contribution in [0, 0.1) is 11.3 Å². The zero-order valence-electron chi connectivity index (χ0n) is 16.5. The van der Waals surface area contributed by atoms with Crippen molar-refractivity contribution in [3.05, 3.63) is 0 Å². The van der Waals surface area contributed by atoms with E-state index in [9.17, 15) is 0 Å². The lowest BCUT2D eigenvalue weighted by Crippen LogP contribution is -2.54. The minimum Gasteiger partial charge on any atom is -0.374 e. The van der Waals surface area contributed by atoms with E-state index in [0.717, 1.165) is 32.2 Å².